The Morgan fingerprint density at radius 1 is 1.00 bits per heavy atom. The lowest BCUT2D eigenvalue weighted by Crippen LogP contribution is -2.33. The highest BCUT2D eigenvalue weighted by molar-refractivity contribution is 9.10. The molecule has 0 aromatic carbocycles. The van der Waals surface area contributed by atoms with Gasteiger partial charge in [0, 0.05) is 40.3 Å². The summed E-state index contributed by atoms with van der Waals surface area (Å²) in [7, 11) is -4.56. The number of halogens is 4. The largest absolute Gasteiger partial charge is 0.470 e. The van der Waals surface area contributed by atoms with E-state index in [-0.39, 0.29) is 11.3 Å². The van der Waals surface area contributed by atoms with Gasteiger partial charge in [-0.05, 0) is 13.3 Å². The van der Waals surface area contributed by atoms with Crippen LogP contribution < -0.4 is 0 Å². The quantitative estimate of drug-likeness (QED) is 0.172. The maximum absolute atomic E-state index is 11.0. The number of rotatable bonds is 15. The van der Waals surface area contributed by atoms with Gasteiger partial charge in [-0.3, -0.25) is 4.52 Å². The molecule has 2 N–H and O–H groups in total. The van der Waals surface area contributed by atoms with Crippen molar-refractivity contribution < 1.29 is 28.3 Å². The highest BCUT2D eigenvalue weighted by Crippen LogP contribution is 2.43. The number of phosphoric acid groups is 1. The van der Waals surface area contributed by atoms with Gasteiger partial charge < -0.3 is 19.3 Å². The Morgan fingerprint density at radius 2 is 1.54 bits per heavy atom. The lowest BCUT2D eigenvalue weighted by atomic mass is 9.98. The number of ether oxygens (including phenoxy) is 2. The van der Waals surface area contributed by atoms with E-state index in [0.717, 1.165) is 16.0 Å². The predicted octanol–water partition coefficient (Wildman–Crippen LogP) is 4.08. The monoisotopic (exact) mass is 580 g/mol. The molecule has 0 aromatic heterocycles. The molecular formula is C13H25Br3ClO6P. The summed E-state index contributed by atoms with van der Waals surface area (Å²) in [5, 5.41) is 2.44. The Hall–Kier alpha value is 1.76. The first kappa shape index (κ1) is 25.8. The smallest absolute Gasteiger partial charge is 0.379 e. The van der Waals surface area contributed by atoms with Crippen molar-refractivity contribution in [3.05, 3.63) is 0 Å². The molecule has 0 heterocycles. The molecule has 1 unspecified atom stereocenters. The van der Waals surface area contributed by atoms with Crippen LogP contribution in [0.5, 0.6) is 0 Å². The van der Waals surface area contributed by atoms with Gasteiger partial charge in [0.05, 0.1) is 25.4 Å². The van der Waals surface area contributed by atoms with Crippen LogP contribution in [0.25, 0.3) is 0 Å². The van der Waals surface area contributed by atoms with Gasteiger partial charge in [-0.25, -0.2) is 4.57 Å². The highest BCUT2D eigenvalue weighted by Gasteiger charge is 2.32. The summed E-state index contributed by atoms with van der Waals surface area (Å²) in [4.78, 5) is 17.9. The zero-order valence-electron chi connectivity index (χ0n) is 13.6. The van der Waals surface area contributed by atoms with Crippen LogP contribution >= 0.6 is 67.2 Å². The molecule has 1 atom stereocenters. The molecule has 0 radical (unpaired) electrons. The zero-order chi connectivity index (χ0) is 18.7. The minimum Gasteiger partial charge on any atom is -0.379 e. The van der Waals surface area contributed by atoms with E-state index in [9.17, 15) is 4.57 Å². The first-order valence-electron chi connectivity index (χ1n) is 7.31. The van der Waals surface area contributed by atoms with Gasteiger partial charge in [0.2, 0.25) is 0 Å². The summed E-state index contributed by atoms with van der Waals surface area (Å²) in [6.45, 7) is 3.35. The first-order chi connectivity index (χ1) is 11.2. The molecule has 0 aromatic rings. The molecule has 0 aliphatic rings. The van der Waals surface area contributed by atoms with E-state index in [2.05, 4.69) is 47.8 Å². The topological polar surface area (TPSA) is 85.2 Å². The molecule has 146 valence electrons. The van der Waals surface area contributed by atoms with Gasteiger partial charge in [0.25, 0.3) is 0 Å². The highest BCUT2D eigenvalue weighted by atomic mass is 79.9. The van der Waals surface area contributed by atoms with Gasteiger partial charge in [-0.1, -0.05) is 47.8 Å². The molecular weight excluding hydrogens is 558 g/mol. The molecule has 24 heavy (non-hydrogen) atoms. The van der Waals surface area contributed by atoms with Gasteiger partial charge in [-0.2, -0.15) is 0 Å². The van der Waals surface area contributed by atoms with Crippen molar-refractivity contribution in [2.75, 3.05) is 48.3 Å². The average molecular weight is 583 g/mol. The minimum absolute atomic E-state index is 0.00380. The Labute approximate surface area is 174 Å². The van der Waals surface area contributed by atoms with Crippen molar-refractivity contribution in [1.29, 1.82) is 0 Å². The molecule has 0 spiro atoms. The van der Waals surface area contributed by atoms with Crippen molar-refractivity contribution in [2.24, 2.45) is 5.41 Å². The fourth-order valence-electron chi connectivity index (χ4n) is 1.72. The second kappa shape index (κ2) is 13.0. The van der Waals surface area contributed by atoms with Crippen LogP contribution in [0.1, 0.15) is 19.8 Å². The lowest BCUT2D eigenvalue weighted by molar-refractivity contribution is -0.0100. The van der Waals surface area contributed by atoms with E-state index in [1.807, 2.05) is 0 Å². The van der Waals surface area contributed by atoms with Crippen LogP contribution in [-0.4, -0.2) is 63.7 Å². The van der Waals surface area contributed by atoms with E-state index < -0.39 is 13.4 Å². The molecule has 0 bridgehead atoms. The second-order valence-electron chi connectivity index (χ2n) is 5.79. The van der Waals surface area contributed by atoms with Crippen molar-refractivity contribution in [3.8, 4) is 0 Å². The minimum atomic E-state index is -4.56. The van der Waals surface area contributed by atoms with E-state index in [0.29, 0.717) is 39.3 Å². The molecule has 0 aliphatic heterocycles. The summed E-state index contributed by atoms with van der Waals surface area (Å²) in [6.07, 6.45) is 0.656. The Kier molecular flexibility index (Phi) is 14.0. The fourth-order valence-corrected chi connectivity index (χ4v) is 6.15. The van der Waals surface area contributed by atoms with Crippen LogP contribution in [-0.2, 0) is 18.6 Å². The Bertz CT molecular complexity index is 374. The zero-order valence-corrected chi connectivity index (χ0v) is 20.0. The van der Waals surface area contributed by atoms with Crippen molar-refractivity contribution in [1.82, 2.24) is 0 Å². The summed E-state index contributed by atoms with van der Waals surface area (Å²) in [5.74, 6) is 0.243. The number of hydrogen-bond acceptors (Lipinski definition) is 4. The standard InChI is InChI=1S/C13H25Br3ClO6P/c1-12(2-4-17,23-24(18,19)20)3-5-21-6-7-22-11-13(8-14,9-15)10-16/h2-11H2,1H3,(H2,18,19,20). The van der Waals surface area contributed by atoms with Crippen LogP contribution in [0.15, 0.2) is 0 Å². The van der Waals surface area contributed by atoms with Gasteiger partial charge in [0.15, 0.2) is 0 Å². The Morgan fingerprint density at radius 3 is 2.00 bits per heavy atom. The lowest BCUT2D eigenvalue weighted by Gasteiger charge is -2.29. The maximum atomic E-state index is 11.0. The normalized spacial score (nSPS) is 15.5. The first-order valence-corrected chi connectivity index (χ1v) is 12.7. The van der Waals surface area contributed by atoms with E-state index >= 15 is 0 Å². The molecule has 0 saturated heterocycles. The summed E-state index contributed by atoms with van der Waals surface area (Å²) in [5.41, 5.74) is -1.02. The van der Waals surface area contributed by atoms with Crippen LogP contribution in [0, 0.1) is 5.41 Å². The van der Waals surface area contributed by atoms with Gasteiger partial charge in [0.1, 0.15) is 0 Å². The van der Waals surface area contributed by atoms with Crippen LogP contribution in [0.4, 0.5) is 0 Å². The summed E-state index contributed by atoms with van der Waals surface area (Å²) >= 11 is 16.1. The van der Waals surface area contributed by atoms with E-state index in [1.54, 1.807) is 6.92 Å². The molecule has 0 amide bonds. The third kappa shape index (κ3) is 11.5. The third-order valence-electron chi connectivity index (χ3n) is 3.37. The fraction of sp³-hybridized carbons (Fsp3) is 1.00. The van der Waals surface area contributed by atoms with Crippen molar-refractivity contribution >= 4 is 67.2 Å². The van der Waals surface area contributed by atoms with E-state index in [4.69, 9.17) is 35.4 Å². The summed E-state index contributed by atoms with van der Waals surface area (Å²) in [6, 6.07) is 0. The van der Waals surface area contributed by atoms with Gasteiger partial charge in [-0.15, -0.1) is 11.6 Å². The molecule has 0 rings (SSSR count). The SMILES string of the molecule is CC(CCCl)(CCOCCOCC(CBr)(CBr)CBr)OP(=O)(O)O. The van der Waals surface area contributed by atoms with Crippen LogP contribution in [0.3, 0.4) is 0 Å². The van der Waals surface area contributed by atoms with E-state index in [1.165, 1.54) is 0 Å². The Balaban J connectivity index is 4.04. The molecule has 0 saturated carbocycles. The third-order valence-corrected chi connectivity index (χ3v) is 7.80. The average Bonchev–Trinajstić information content (AvgIpc) is 2.49. The molecule has 0 aliphatic carbocycles. The number of alkyl halides is 4. The van der Waals surface area contributed by atoms with Gasteiger partial charge >= 0.3 is 7.82 Å². The maximum Gasteiger partial charge on any atom is 0.470 e. The molecule has 11 heteroatoms. The summed E-state index contributed by atoms with van der Waals surface area (Å²) < 4.78 is 27.0. The van der Waals surface area contributed by atoms with Crippen molar-refractivity contribution in [3.63, 3.8) is 0 Å². The number of phosphoric ester groups is 1. The number of hydrogen-bond donors (Lipinski definition) is 2. The van der Waals surface area contributed by atoms with Crippen molar-refractivity contribution in [2.45, 2.75) is 25.4 Å². The second-order valence-corrected chi connectivity index (χ2v) is 9.01. The molecule has 0 fully saturated rings. The van der Waals surface area contributed by atoms with Crippen LogP contribution in [0.2, 0.25) is 0 Å². The predicted molar refractivity (Wildman–Crippen MR) is 107 cm³/mol. The molecule has 6 nitrogen and oxygen atoms in total.